The fourth-order valence-electron chi connectivity index (χ4n) is 11.3. The number of aromatic hydroxyl groups is 1. The summed E-state index contributed by atoms with van der Waals surface area (Å²) in [5.74, 6) is 0.934. The number of nitrogens with one attached hydrogen (secondary N) is 2. The number of esters is 2. The zero-order valence-corrected chi connectivity index (χ0v) is 35.6. The number of aromatic amines is 1. The van der Waals surface area contributed by atoms with Crippen molar-refractivity contribution in [2.45, 2.75) is 94.1 Å². The third-order valence-electron chi connectivity index (χ3n) is 13.4. The summed E-state index contributed by atoms with van der Waals surface area (Å²) in [7, 11) is 3.54. The van der Waals surface area contributed by atoms with Gasteiger partial charge in [0.2, 0.25) is 6.79 Å². The Hall–Kier alpha value is -4.98. The fraction of sp³-hybridized carbons (Fsp3) is 0.489. The molecule has 1 spiro atoms. The summed E-state index contributed by atoms with van der Waals surface area (Å²) >= 11 is 1.54. The topological polar surface area (TPSA) is 168 Å². The molecule has 2 fully saturated rings. The van der Waals surface area contributed by atoms with Crippen molar-refractivity contribution >= 4 is 34.6 Å². The molecule has 0 aliphatic carbocycles. The van der Waals surface area contributed by atoms with E-state index in [2.05, 4.69) is 32.2 Å². The van der Waals surface area contributed by atoms with Crippen LogP contribution < -0.4 is 24.3 Å². The van der Waals surface area contributed by atoms with Gasteiger partial charge in [0, 0.05) is 70.9 Å². The molecule has 12 rings (SSSR count). The number of likely N-dealkylation sites (N-methyl/N-ethyl adjacent to an activating group) is 1. The van der Waals surface area contributed by atoms with Crippen molar-refractivity contribution in [2.24, 2.45) is 0 Å². The normalized spacial score (nSPS) is 29.9. The Morgan fingerprint density at radius 2 is 1.92 bits per heavy atom. The van der Waals surface area contributed by atoms with E-state index in [0.29, 0.717) is 59.3 Å². The summed E-state index contributed by atoms with van der Waals surface area (Å²) in [6.45, 7) is 9.62. The highest BCUT2D eigenvalue weighted by Crippen LogP contribution is 2.65. The Morgan fingerprint density at radius 1 is 1.13 bits per heavy atom. The quantitative estimate of drug-likeness (QED) is 0.169. The van der Waals surface area contributed by atoms with Gasteiger partial charge in [0.15, 0.2) is 28.5 Å². The van der Waals surface area contributed by atoms with E-state index in [-0.39, 0.29) is 43.5 Å². The first-order valence-electron chi connectivity index (χ1n) is 20.5. The lowest BCUT2D eigenvalue weighted by Crippen LogP contribution is -2.69. The van der Waals surface area contributed by atoms with Crippen molar-refractivity contribution in [2.75, 3.05) is 46.5 Å². The van der Waals surface area contributed by atoms with Gasteiger partial charge in [0.1, 0.15) is 17.9 Å². The molecule has 314 valence electrons. The third-order valence-corrected chi connectivity index (χ3v) is 14.9. The number of phenols is 1. The van der Waals surface area contributed by atoms with Crippen molar-refractivity contribution in [3.8, 4) is 34.8 Å². The van der Waals surface area contributed by atoms with Gasteiger partial charge < -0.3 is 38.5 Å². The molecular formula is C45H49N5O9S. The number of carbonyl (C=O) groups is 2. The molecular weight excluding hydrogens is 787 g/mol. The smallest absolute Gasteiger partial charge is 0.333 e. The molecule has 2 unspecified atom stereocenters. The lowest BCUT2D eigenvalue weighted by atomic mass is 9.76. The summed E-state index contributed by atoms with van der Waals surface area (Å²) in [5, 5.41) is 28.0. The highest BCUT2D eigenvalue weighted by atomic mass is 32.2. The van der Waals surface area contributed by atoms with E-state index in [0.717, 1.165) is 38.9 Å². The van der Waals surface area contributed by atoms with E-state index >= 15 is 4.79 Å². The number of carbonyl (C=O) groups excluding carboxylic acids is 2. The predicted molar refractivity (Wildman–Crippen MR) is 222 cm³/mol. The van der Waals surface area contributed by atoms with Crippen LogP contribution in [0.25, 0.3) is 10.9 Å². The zero-order chi connectivity index (χ0) is 42.0. The number of hydrogen-bond donors (Lipinski definition) is 3. The van der Waals surface area contributed by atoms with Crippen LogP contribution in [-0.2, 0) is 37.4 Å². The van der Waals surface area contributed by atoms with E-state index in [9.17, 15) is 15.2 Å². The number of fused-ring (bicyclic) bond motifs is 8. The highest BCUT2D eigenvalue weighted by Gasteiger charge is 2.64. The number of benzene rings is 3. The molecule has 9 heterocycles. The molecule has 14 nitrogen and oxygen atoms in total. The molecule has 2 saturated heterocycles. The van der Waals surface area contributed by atoms with Crippen LogP contribution in [-0.4, -0.2) is 102 Å². The van der Waals surface area contributed by atoms with Gasteiger partial charge in [-0.2, -0.15) is 5.26 Å². The number of ether oxygens (including phenoxy) is 6. The Balaban J connectivity index is 1.25. The van der Waals surface area contributed by atoms with Gasteiger partial charge in [-0.25, -0.2) is 4.79 Å². The highest BCUT2D eigenvalue weighted by molar-refractivity contribution is 7.99. The Bertz CT molecular complexity index is 2530. The van der Waals surface area contributed by atoms with Crippen LogP contribution in [0.5, 0.6) is 28.7 Å². The first-order chi connectivity index (χ1) is 28.8. The molecule has 0 radical (unpaired) electrons. The molecule has 15 heteroatoms. The SMILES string of the molecule is COc1c(C)cc2c(c1O)[C@H]1[C@@H]3[C@@H]4SC[C@]5(N[C@@H](COC(C)C)Cc6c5[nH]c5ccccc65)C(=O)OC[C@@H](c5c6c(c(C)c(OC(C)=O)c54)OCO6)N3C(C#N)(C2)CN1C. The van der Waals surface area contributed by atoms with Crippen LogP contribution >= 0.6 is 11.8 Å². The van der Waals surface area contributed by atoms with Gasteiger partial charge in [0.25, 0.3) is 0 Å². The minimum Gasteiger partial charge on any atom is -0.504 e. The molecule has 8 aliphatic heterocycles. The van der Waals surface area contributed by atoms with Crippen LogP contribution in [0, 0.1) is 25.2 Å². The molecule has 0 amide bonds. The number of aryl methyl sites for hydroxylation is 1. The minimum atomic E-state index is -1.36. The monoisotopic (exact) mass is 835 g/mol. The molecule has 8 atom stereocenters. The number of nitrogens with zero attached hydrogens (tertiary/aromatic N) is 3. The number of aromatic nitrogens is 1. The number of H-pyrrole nitrogens is 1. The van der Waals surface area contributed by atoms with E-state index in [1.807, 2.05) is 59.0 Å². The maximum Gasteiger partial charge on any atom is 0.333 e. The number of methoxy groups -OCH3 is 1. The molecule has 4 aromatic rings. The molecule has 1 aromatic heterocycles. The molecule has 4 bridgehead atoms. The van der Waals surface area contributed by atoms with E-state index in [1.54, 1.807) is 18.9 Å². The van der Waals surface area contributed by atoms with Crippen LogP contribution in [0.1, 0.15) is 82.7 Å². The summed E-state index contributed by atoms with van der Waals surface area (Å²) in [6.07, 6.45) is 0.893. The number of rotatable bonds is 5. The number of hydrogen-bond acceptors (Lipinski definition) is 14. The van der Waals surface area contributed by atoms with E-state index in [4.69, 9.17) is 28.4 Å². The minimum absolute atomic E-state index is 0.0246. The maximum atomic E-state index is 15.3. The summed E-state index contributed by atoms with van der Waals surface area (Å²) in [5.41, 5.74) is 4.45. The molecule has 3 N–H and O–H groups in total. The van der Waals surface area contributed by atoms with Crippen molar-refractivity contribution in [3.63, 3.8) is 0 Å². The molecule has 60 heavy (non-hydrogen) atoms. The second-order valence-corrected chi connectivity index (χ2v) is 18.5. The van der Waals surface area contributed by atoms with Gasteiger partial charge in [-0.15, -0.1) is 11.8 Å². The Morgan fingerprint density at radius 3 is 2.67 bits per heavy atom. The number of para-hydroxylation sites is 1. The number of thioether (sulfide) groups is 1. The van der Waals surface area contributed by atoms with Gasteiger partial charge in [-0.05, 0) is 63.9 Å². The first-order valence-corrected chi connectivity index (χ1v) is 21.6. The van der Waals surface area contributed by atoms with E-state index in [1.165, 1.54) is 6.92 Å². The van der Waals surface area contributed by atoms with Gasteiger partial charge in [-0.1, -0.05) is 24.3 Å². The third kappa shape index (κ3) is 5.47. The molecule has 3 aromatic carbocycles. The number of phenolic OH excluding ortho intramolecular Hbond substituents is 1. The summed E-state index contributed by atoms with van der Waals surface area (Å²) in [4.78, 5) is 36.5. The molecule has 8 aliphatic rings. The Kier molecular flexibility index (Phi) is 9.16. The second kappa shape index (κ2) is 14.0. The standard InChI is InChI=1S/C45H49N5O9S/c1-21(2)55-15-26-13-28-27-10-8-9-11-29(27)47-42(28)45(48-26)19-60-41-33-32(40-39(57-20-58-40)23(4)38(33)59-24(5)51)30(16-56-43(45)53)50-35(41)34-31-25(12-22(3)37(54-7)36(31)52)14-44(50,17-46)18-49(34)6/h8-12,21,26,30,34-35,41,47-48,52H,13-16,18-20H2,1-7H3/t26-,30+,34+,35-,41-,44?,45-/m1/s1. The molecule has 0 saturated carbocycles. The van der Waals surface area contributed by atoms with Crippen molar-refractivity contribution in [1.29, 1.82) is 5.26 Å². The van der Waals surface area contributed by atoms with Gasteiger partial charge in [0.05, 0.1) is 48.9 Å². The van der Waals surface area contributed by atoms with Gasteiger partial charge >= 0.3 is 11.9 Å². The average Bonchev–Trinajstić information content (AvgIpc) is 3.80. The fourth-order valence-corrected chi connectivity index (χ4v) is 12.9. The van der Waals surface area contributed by atoms with Gasteiger partial charge in [-0.3, -0.25) is 19.9 Å². The predicted octanol–water partition coefficient (Wildman–Crippen LogP) is 5.55. The van der Waals surface area contributed by atoms with Crippen molar-refractivity contribution in [3.05, 3.63) is 75.0 Å². The van der Waals surface area contributed by atoms with Crippen molar-refractivity contribution in [1.82, 2.24) is 20.1 Å². The largest absolute Gasteiger partial charge is 0.504 e. The van der Waals surface area contributed by atoms with Crippen LogP contribution in [0.15, 0.2) is 30.3 Å². The summed E-state index contributed by atoms with van der Waals surface area (Å²) in [6, 6.07) is 10.9. The second-order valence-electron chi connectivity index (χ2n) is 17.4. The number of nitriles is 1. The Labute approximate surface area is 352 Å². The van der Waals surface area contributed by atoms with Crippen LogP contribution in [0.4, 0.5) is 0 Å². The first kappa shape index (κ1) is 39.2. The van der Waals surface area contributed by atoms with Crippen molar-refractivity contribution < 1.29 is 43.1 Å². The van der Waals surface area contributed by atoms with E-state index < -0.39 is 46.4 Å². The van der Waals surface area contributed by atoms with Crippen LogP contribution in [0.3, 0.4) is 0 Å². The maximum absolute atomic E-state index is 15.3. The average molecular weight is 836 g/mol. The zero-order valence-electron chi connectivity index (χ0n) is 34.8. The number of piperazine rings is 1. The van der Waals surface area contributed by atoms with Crippen LogP contribution in [0.2, 0.25) is 0 Å². The lowest BCUT2D eigenvalue weighted by molar-refractivity contribution is -0.159. The lowest BCUT2D eigenvalue weighted by Gasteiger charge is -2.60. The summed E-state index contributed by atoms with van der Waals surface area (Å²) < 4.78 is 37.3.